The molecule has 2 amide bonds. The number of benzene rings is 2. The first-order valence-electron chi connectivity index (χ1n) is 10.7. The summed E-state index contributed by atoms with van der Waals surface area (Å²) in [4.78, 5) is 28.7. The van der Waals surface area contributed by atoms with Crippen molar-refractivity contribution in [1.29, 1.82) is 0 Å². The van der Waals surface area contributed by atoms with E-state index < -0.39 is 0 Å². The summed E-state index contributed by atoms with van der Waals surface area (Å²) in [6, 6.07) is 20.3. The van der Waals surface area contributed by atoms with E-state index in [1.54, 1.807) is 0 Å². The van der Waals surface area contributed by atoms with Crippen LogP contribution in [0.25, 0.3) is 0 Å². The van der Waals surface area contributed by atoms with Crippen molar-refractivity contribution in [2.45, 2.75) is 25.0 Å². The van der Waals surface area contributed by atoms with Crippen LogP contribution in [0.2, 0.25) is 0 Å². The molecule has 6 heteroatoms. The molecule has 1 saturated heterocycles. The second-order valence-electron chi connectivity index (χ2n) is 8.01. The molecule has 1 saturated carbocycles. The van der Waals surface area contributed by atoms with Crippen LogP contribution in [0.4, 0.5) is 0 Å². The van der Waals surface area contributed by atoms with Crippen molar-refractivity contribution in [3.05, 3.63) is 71.8 Å². The quantitative estimate of drug-likeness (QED) is 0.729. The highest BCUT2D eigenvalue weighted by molar-refractivity contribution is 5.79. The lowest BCUT2D eigenvalue weighted by Crippen LogP contribution is -2.52. The highest BCUT2D eigenvalue weighted by Crippen LogP contribution is 2.25. The van der Waals surface area contributed by atoms with Crippen LogP contribution in [-0.2, 0) is 14.3 Å². The van der Waals surface area contributed by atoms with Crippen molar-refractivity contribution < 1.29 is 14.3 Å². The van der Waals surface area contributed by atoms with Crippen molar-refractivity contribution in [3.63, 3.8) is 0 Å². The van der Waals surface area contributed by atoms with Gasteiger partial charge in [-0.2, -0.15) is 0 Å². The van der Waals surface area contributed by atoms with Gasteiger partial charge in [0.2, 0.25) is 11.8 Å². The number of piperazine rings is 1. The Balaban J connectivity index is 1.28. The third-order valence-corrected chi connectivity index (χ3v) is 5.61. The summed E-state index contributed by atoms with van der Waals surface area (Å²) in [6.45, 7) is 3.13. The van der Waals surface area contributed by atoms with Gasteiger partial charge in [0.05, 0.1) is 6.54 Å². The normalized spacial score (nSPS) is 17.2. The second-order valence-corrected chi connectivity index (χ2v) is 8.01. The Morgan fingerprint density at radius 3 is 2.00 bits per heavy atom. The van der Waals surface area contributed by atoms with Gasteiger partial charge in [-0.25, -0.2) is 0 Å². The van der Waals surface area contributed by atoms with Gasteiger partial charge in [-0.15, -0.1) is 0 Å². The van der Waals surface area contributed by atoms with Gasteiger partial charge in [-0.3, -0.25) is 14.5 Å². The Labute approximate surface area is 177 Å². The van der Waals surface area contributed by atoms with Crippen molar-refractivity contribution in [1.82, 2.24) is 15.1 Å². The van der Waals surface area contributed by atoms with Gasteiger partial charge in [0.1, 0.15) is 12.7 Å². The first-order valence-corrected chi connectivity index (χ1v) is 10.7. The van der Waals surface area contributed by atoms with Gasteiger partial charge in [0.25, 0.3) is 0 Å². The minimum absolute atomic E-state index is 0.00561. The highest BCUT2D eigenvalue weighted by Gasteiger charge is 2.27. The Kier molecular flexibility index (Phi) is 6.77. The number of carbonyl (C=O) groups excluding carboxylic acids is 2. The molecule has 2 aliphatic rings. The van der Waals surface area contributed by atoms with Gasteiger partial charge in [-0.05, 0) is 24.0 Å². The fourth-order valence-corrected chi connectivity index (χ4v) is 3.75. The largest absolute Gasteiger partial charge is 0.359 e. The summed E-state index contributed by atoms with van der Waals surface area (Å²) >= 11 is 0. The standard InChI is InChI=1S/C24H29N3O3/c28-22(25-21-11-12-21)17-26-13-15-27(16-14-26)23(29)18-30-24(19-7-3-1-4-8-19)20-9-5-2-6-10-20/h1-10,21,24H,11-18H2,(H,25,28). The van der Waals surface area contributed by atoms with E-state index in [1.807, 2.05) is 65.6 Å². The van der Waals surface area contributed by atoms with E-state index in [0.717, 1.165) is 24.0 Å². The smallest absolute Gasteiger partial charge is 0.248 e. The topological polar surface area (TPSA) is 61.9 Å². The first kappa shape index (κ1) is 20.6. The Morgan fingerprint density at radius 2 is 1.47 bits per heavy atom. The SMILES string of the molecule is O=C(CN1CCN(C(=O)COC(c2ccccc2)c2ccccc2)CC1)NC1CC1. The van der Waals surface area contributed by atoms with Crippen LogP contribution >= 0.6 is 0 Å². The van der Waals surface area contributed by atoms with Crippen LogP contribution < -0.4 is 5.32 Å². The molecule has 0 radical (unpaired) electrons. The molecule has 4 rings (SSSR count). The molecule has 0 aromatic heterocycles. The Bertz CT molecular complexity index is 792. The maximum absolute atomic E-state index is 12.8. The molecule has 30 heavy (non-hydrogen) atoms. The van der Waals surface area contributed by atoms with E-state index >= 15 is 0 Å². The predicted octanol–water partition coefficient (Wildman–Crippen LogP) is 2.22. The maximum atomic E-state index is 12.8. The lowest BCUT2D eigenvalue weighted by Gasteiger charge is -2.34. The third kappa shape index (κ3) is 5.68. The number of hydrogen-bond acceptors (Lipinski definition) is 4. The molecule has 1 heterocycles. The molecule has 1 aliphatic heterocycles. The van der Waals surface area contributed by atoms with Crippen molar-refractivity contribution in [2.75, 3.05) is 39.3 Å². The fraction of sp³-hybridized carbons (Fsp3) is 0.417. The summed E-state index contributed by atoms with van der Waals surface area (Å²) in [7, 11) is 0. The minimum atomic E-state index is -0.274. The number of rotatable bonds is 8. The summed E-state index contributed by atoms with van der Waals surface area (Å²) in [5.41, 5.74) is 2.06. The molecule has 0 atom stereocenters. The molecule has 0 spiro atoms. The van der Waals surface area contributed by atoms with E-state index in [9.17, 15) is 9.59 Å². The molecular formula is C24H29N3O3. The predicted molar refractivity (Wildman–Crippen MR) is 115 cm³/mol. The zero-order chi connectivity index (χ0) is 20.8. The van der Waals surface area contributed by atoms with E-state index in [4.69, 9.17) is 4.74 Å². The third-order valence-electron chi connectivity index (χ3n) is 5.61. The second kappa shape index (κ2) is 9.87. The van der Waals surface area contributed by atoms with Gasteiger partial charge in [0, 0.05) is 32.2 Å². The Morgan fingerprint density at radius 1 is 0.900 bits per heavy atom. The first-order chi connectivity index (χ1) is 14.7. The van der Waals surface area contributed by atoms with Crippen LogP contribution in [0, 0.1) is 0 Å². The van der Waals surface area contributed by atoms with E-state index in [2.05, 4.69) is 10.2 Å². The van der Waals surface area contributed by atoms with Crippen LogP contribution in [-0.4, -0.2) is 67.0 Å². The average molecular weight is 408 g/mol. The minimum Gasteiger partial charge on any atom is -0.359 e. The number of nitrogens with zero attached hydrogens (tertiary/aromatic N) is 2. The zero-order valence-corrected chi connectivity index (χ0v) is 17.2. The summed E-state index contributed by atoms with van der Waals surface area (Å²) < 4.78 is 6.10. The fourth-order valence-electron chi connectivity index (χ4n) is 3.75. The number of hydrogen-bond donors (Lipinski definition) is 1. The van der Waals surface area contributed by atoms with E-state index in [-0.39, 0.29) is 24.5 Å². The van der Waals surface area contributed by atoms with Crippen LogP contribution in [0.3, 0.4) is 0 Å². The highest BCUT2D eigenvalue weighted by atomic mass is 16.5. The molecule has 2 fully saturated rings. The molecule has 2 aromatic rings. The van der Waals surface area contributed by atoms with E-state index in [0.29, 0.717) is 38.8 Å². The van der Waals surface area contributed by atoms with Gasteiger partial charge in [-0.1, -0.05) is 60.7 Å². The molecule has 0 bridgehead atoms. The zero-order valence-electron chi connectivity index (χ0n) is 17.2. The summed E-state index contributed by atoms with van der Waals surface area (Å²) in [5, 5.41) is 3.02. The molecule has 2 aromatic carbocycles. The van der Waals surface area contributed by atoms with Gasteiger partial charge in [0.15, 0.2) is 0 Å². The van der Waals surface area contributed by atoms with Gasteiger partial charge < -0.3 is 15.0 Å². The molecule has 1 N–H and O–H groups in total. The lowest BCUT2D eigenvalue weighted by molar-refractivity contribution is -0.139. The Hall–Kier alpha value is -2.70. The maximum Gasteiger partial charge on any atom is 0.248 e. The van der Waals surface area contributed by atoms with Crippen molar-refractivity contribution in [2.24, 2.45) is 0 Å². The molecule has 1 aliphatic carbocycles. The van der Waals surface area contributed by atoms with Crippen LogP contribution in [0.1, 0.15) is 30.1 Å². The summed E-state index contributed by atoms with van der Waals surface area (Å²) in [5.74, 6) is 0.0862. The average Bonchev–Trinajstić information content (AvgIpc) is 3.59. The number of amides is 2. The van der Waals surface area contributed by atoms with Crippen molar-refractivity contribution in [3.8, 4) is 0 Å². The van der Waals surface area contributed by atoms with E-state index in [1.165, 1.54) is 0 Å². The van der Waals surface area contributed by atoms with Crippen LogP contribution in [0.15, 0.2) is 60.7 Å². The molecule has 6 nitrogen and oxygen atoms in total. The van der Waals surface area contributed by atoms with Gasteiger partial charge >= 0.3 is 0 Å². The van der Waals surface area contributed by atoms with Crippen molar-refractivity contribution >= 4 is 11.8 Å². The molecule has 158 valence electrons. The number of nitrogens with one attached hydrogen (secondary N) is 1. The summed E-state index contributed by atoms with van der Waals surface area (Å²) in [6.07, 6.45) is 1.92. The number of ether oxygens (including phenoxy) is 1. The monoisotopic (exact) mass is 407 g/mol. The lowest BCUT2D eigenvalue weighted by atomic mass is 10.0. The van der Waals surface area contributed by atoms with Crippen LogP contribution in [0.5, 0.6) is 0 Å². The molecule has 0 unspecified atom stereocenters. The molecular weight excluding hydrogens is 378 g/mol. The number of carbonyl (C=O) groups is 2.